The van der Waals surface area contributed by atoms with Gasteiger partial charge >= 0.3 is 0 Å². The molecular formula is C11H17N3S. The predicted molar refractivity (Wildman–Crippen MR) is 61.9 cm³/mol. The Morgan fingerprint density at radius 3 is 3.27 bits per heavy atom. The summed E-state index contributed by atoms with van der Waals surface area (Å²) in [6.45, 7) is 5.99. The lowest BCUT2D eigenvalue weighted by molar-refractivity contribution is 0.267. The molecule has 3 heterocycles. The molecule has 1 atom stereocenters. The molecule has 3 rings (SSSR count). The molecule has 4 heteroatoms. The standard InChI is InChI=1S/C11H17N3S/c1-3-12-7-11(1)2-4-14(8-11)5-10-6-15-9-13-10/h6,9,12H,1-5,7-8H2. The fraction of sp³-hybridized carbons (Fsp3) is 0.727. The topological polar surface area (TPSA) is 28.2 Å². The molecule has 1 unspecified atom stereocenters. The minimum absolute atomic E-state index is 0.593. The van der Waals surface area contributed by atoms with Gasteiger partial charge in [0.1, 0.15) is 0 Å². The van der Waals surface area contributed by atoms with Crippen LogP contribution in [0.25, 0.3) is 0 Å². The van der Waals surface area contributed by atoms with E-state index in [9.17, 15) is 0 Å². The van der Waals surface area contributed by atoms with Crippen LogP contribution in [0.4, 0.5) is 0 Å². The quantitative estimate of drug-likeness (QED) is 0.820. The molecule has 0 aromatic carbocycles. The highest BCUT2D eigenvalue weighted by Crippen LogP contribution is 2.36. The number of thiazole rings is 1. The molecule has 0 bridgehead atoms. The van der Waals surface area contributed by atoms with Gasteiger partial charge in [0.2, 0.25) is 0 Å². The van der Waals surface area contributed by atoms with Gasteiger partial charge in [-0.15, -0.1) is 11.3 Å². The van der Waals surface area contributed by atoms with Crippen molar-refractivity contribution < 1.29 is 0 Å². The average molecular weight is 223 g/mol. The van der Waals surface area contributed by atoms with Gasteiger partial charge in [0, 0.05) is 25.0 Å². The summed E-state index contributed by atoms with van der Waals surface area (Å²) in [6.07, 6.45) is 2.73. The lowest BCUT2D eigenvalue weighted by atomic mass is 9.87. The normalized spacial score (nSPS) is 31.7. The van der Waals surface area contributed by atoms with Crippen molar-refractivity contribution in [2.24, 2.45) is 5.41 Å². The molecule has 2 saturated heterocycles. The largest absolute Gasteiger partial charge is 0.316 e. The fourth-order valence-electron chi connectivity index (χ4n) is 2.85. The van der Waals surface area contributed by atoms with Gasteiger partial charge in [-0.05, 0) is 31.3 Å². The van der Waals surface area contributed by atoms with E-state index in [1.165, 1.54) is 44.7 Å². The van der Waals surface area contributed by atoms with Crippen LogP contribution in [0.15, 0.2) is 10.9 Å². The van der Waals surface area contributed by atoms with Gasteiger partial charge in [-0.3, -0.25) is 4.90 Å². The number of hydrogen-bond acceptors (Lipinski definition) is 4. The molecular weight excluding hydrogens is 206 g/mol. The summed E-state index contributed by atoms with van der Waals surface area (Å²) in [5.74, 6) is 0. The zero-order chi connectivity index (χ0) is 10.1. The summed E-state index contributed by atoms with van der Waals surface area (Å²) in [7, 11) is 0. The van der Waals surface area contributed by atoms with Crippen LogP contribution in [-0.4, -0.2) is 36.1 Å². The van der Waals surface area contributed by atoms with Crippen LogP contribution in [0.3, 0.4) is 0 Å². The van der Waals surface area contributed by atoms with Crippen LogP contribution >= 0.6 is 11.3 Å². The molecule has 0 radical (unpaired) electrons. The fourth-order valence-corrected chi connectivity index (χ4v) is 3.40. The lowest BCUT2D eigenvalue weighted by Gasteiger charge is -2.22. The van der Waals surface area contributed by atoms with Gasteiger partial charge in [0.25, 0.3) is 0 Å². The molecule has 2 aliphatic heterocycles. The Labute approximate surface area is 94.5 Å². The Morgan fingerprint density at radius 1 is 1.53 bits per heavy atom. The Bertz CT molecular complexity index is 317. The van der Waals surface area contributed by atoms with Crippen LogP contribution in [0.2, 0.25) is 0 Å². The number of hydrogen-bond donors (Lipinski definition) is 1. The van der Waals surface area contributed by atoms with E-state index < -0.39 is 0 Å². The minimum atomic E-state index is 0.593. The van der Waals surface area contributed by atoms with Crippen LogP contribution in [-0.2, 0) is 6.54 Å². The van der Waals surface area contributed by atoms with Crippen molar-refractivity contribution in [2.75, 3.05) is 26.2 Å². The second-order valence-electron chi connectivity index (χ2n) is 4.87. The third-order valence-electron chi connectivity index (χ3n) is 3.72. The summed E-state index contributed by atoms with van der Waals surface area (Å²) in [4.78, 5) is 6.91. The summed E-state index contributed by atoms with van der Waals surface area (Å²) < 4.78 is 0. The summed E-state index contributed by atoms with van der Waals surface area (Å²) >= 11 is 1.70. The van der Waals surface area contributed by atoms with E-state index in [0.717, 1.165) is 6.54 Å². The van der Waals surface area contributed by atoms with Crippen molar-refractivity contribution in [2.45, 2.75) is 19.4 Å². The van der Waals surface area contributed by atoms with E-state index in [4.69, 9.17) is 0 Å². The number of nitrogens with zero attached hydrogens (tertiary/aromatic N) is 2. The van der Waals surface area contributed by atoms with Gasteiger partial charge in [0.05, 0.1) is 11.2 Å². The van der Waals surface area contributed by atoms with E-state index in [1.807, 2.05) is 5.51 Å². The first-order chi connectivity index (χ1) is 7.36. The molecule has 0 saturated carbocycles. The highest BCUT2D eigenvalue weighted by molar-refractivity contribution is 7.07. The molecule has 1 N–H and O–H groups in total. The van der Waals surface area contributed by atoms with Crippen LogP contribution in [0.5, 0.6) is 0 Å². The van der Waals surface area contributed by atoms with Crippen molar-refractivity contribution in [3.63, 3.8) is 0 Å². The van der Waals surface area contributed by atoms with Crippen LogP contribution < -0.4 is 5.32 Å². The molecule has 82 valence electrons. The van der Waals surface area contributed by atoms with Crippen LogP contribution in [0, 0.1) is 5.41 Å². The number of rotatable bonds is 2. The monoisotopic (exact) mass is 223 g/mol. The van der Waals surface area contributed by atoms with Gasteiger partial charge in [-0.25, -0.2) is 4.98 Å². The molecule has 0 aliphatic carbocycles. The lowest BCUT2D eigenvalue weighted by Crippen LogP contribution is -2.28. The minimum Gasteiger partial charge on any atom is -0.316 e. The molecule has 15 heavy (non-hydrogen) atoms. The van der Waals surface area contributed by atoms with Crippen LogP contribution in [0.1, 0.15) is 18.5 Å². The van der Waals surface area contributed by atoms with Gasteiger partial charge < -0.3 is 5.32 Å². The Hall–Kier alpha value is -0.450. The zero-order valence-electron chi connectivity index (χ0n) is 8.91. The molecule has 0 amide bonds. The second kappa shape index (κ2) is 3.85. The van der Waals surface area contributed by atoms with Gasteiger partial charge in [0.15, 0.2) is 0 Å². The zero-order valence-corrected chi connectivity index (χ0v) is 9.72. The van der Waals surface area contributed by atoms with Crippen molar-refractivity contribution in [1.82, 2.24) is 15.2 Å². The first-order valence-corrected chi connectivity index (χ1v) is 6.61. The molecule has 2 aliphatic rings. The van der Waals surface area contributed by atoms with Crippen molar-refractivity contribution in [1.29, 1.82) is 0 Å². The summed E-state index contributed by atoms with van der Waals surface area (Å²) in [5.41, 5.74) is 3.76. The molecule has 1 aromatic heterocycles. The highest BCUT2D eigenvalue weighted by Gasteiger charge is 2.40. The molecule has 2 fully saturated rings. The third kappa shape index (κ3) is 1.94. The first-order valence-electron chi connectivity index (χ1n) is 5.67. The van der Waals surface area contributed by atoms with E-state index in [-0.39, 0.29) is 0 Å². The van der Waals surface area contributed by atoms with E-state index in [2.05, 4.69) is 20.6 Å². The van der Waals surface area contributed by atoms with Crippen molar-refractivity contribution in [3.05, 3.63) is 16.6 Å². The molecule has 1 spiro atoms. The summed E-state index contributed by atoms with van der Waals surface area (Å²) in [5, 5.41) is 5.66. The van der Waals surface area contributed by atoms with Crippen molar-refractivity contribution in [3.8, 4) is 0 Å². The Kier molecular flexibility index (Phi) is 2.50. The maximum absolute atomic E-state index is 4.36. The maximum Gasteiger partial charge on any atom is 0.0795 e. The van der Waals surface area contributed by atoms with E-state index in [1.54, 1.807) is 11.3 Å². The number of likely N-dealkylation sites (tertiary alicyclic amines) is 1. The Morgan fingerprint density at radius 2 is 2.53 bits per heavy atom. The van der Waals surface area contributed by atoms with Gasteiger partial charge in [-0.2, -0.15) is 0 Å². The predicted octanol–water partition coefficient (Wildman–Crippen LogP) is 1.33. The van der Waals surface area contributed by atoms with Crippen molar-refractivity contribution >= 4 is 11.3 Å². The first kappa shape index (κ1) is 9.75. The van der Waals surface area contributed by atoms with E-state index >= 15 is 0 Å². The second-order valence-corrected chi connectivity index (χ2v) is 5.59. The summed E-state index contributed by atoms with van der Waals surface area (Å²) in [6, 6.07) is 0. The Balaban J connectivity index is 1.61. The maximum atomic E-state index is 4.36. The average Bonchev–Trinajstić information content (AvgIpc) is 2.92. The third-order valence-corrected chi connectivity index (χ3v) is 4.35. The van der Waals surface area contributed by atoms with E-state index in [0.29, 0.717) is 5.41 Å². The number of aromatic nitrogens is 1. The molecule has 3 nitrogen and oxygen atoms in total. The number of nitrogens with one attached hydrogen (secondary N) is 1. The molecule has 1 aromatic rings. The SMILES string of the molecule is c1nc(CN2CCC3(CCNC3)C2)cs1. The van der Waals surface area contributed by atoms with Gasteiger partial charge in [-0.1, -0.05) is 0 Å². The highest BCUT2D eigenvalue weighted by atomic mass is 32.1. The smallest absolute Gasteiger partial charge is 0.0795 e.